The van der Waals surface area contributed by atoms with E-state index in [1.54, 1.807) is 0 Å². The monoisotopic (exact) mass is 227 g/mol. The van der Waals surface area contributed by atoms with Crippen LogP contribution in [0.25, 0.3) is 0 Å². The molecule has 80 valence electrons. The minimum atomic E-state index is -0.263. The van der Waals surface area contributed by atoms with Crippen molar-refractivity contribution in [1.82, 2.24) is 26.1 Å². The molecule has 1 fully saturated rings. The Bertz CT molecular complexity index is 366. The summed E-state index contributed by atoms with van der Waals surface area (Å²) in [6.45, 7) is 1.39. The number of carbonyl (C=O) groups excluding carboxylic acids is 1. The molecule has 3 N–H and O–H groups in total. The molecule has 0 aliphatic carbocycles. The minimum Gasteiger partial charge on any atom is -0.345 e. The second-order valence-corrected chi connectivity index (χ2v) is 3.55. The molecule has 1 aromatic heterocycles. The van der Waals surface area contributed by atoms with Gasteiger partial charge in [-0.05, 0) is 0 Å². The molecule has 0 radical (unpaired) electrons. The summed E-state index contributed by atoms with van der Waals surface area (Å²) in [4.78, 5) is 19.3. The van der Waals surface area contributed by atoms with Crippen LogP contribution in [0.15, 0.2) is 12.4 Å². The SMILES string of the molecule is O=C(NC1CNNC1)c1cncc(Cl)n1. The van der Waals surface area contributed by atoms with Gasteiger partial charge in [0.25, 0.3) is 5.91 Å². The molecule has 1 aliphatic heterocycles. The van der Waals surface area contributed by atoms with Crippen LogP contribution in [0.2, 0.25) is 5.15 Å². The van der Waals surface area contributed by atoms with Gasteiger partial charge in [0.15, 0.2) is 0 Å². The van der Waals surface area contributed by atoms with E-state index in [1.165, 1.54) is 12.4 Å². The third kappa shape index (κ3) is 2.62. The lowest BCUT2D eigenvalue weighted by atomic mass is 10.3. The van der Waals surface area contributed by atoms with E-state index in [9.17, 15) is 4.79 Å². The van der Waals surface area contributed by atoms with Crippen LogP contribution < -0.4 is 16.2 Å². The van der Waals surface area contributed by atoms with Crippen LogP contribution in [-0.2, 0) is 0 Å². The molecule has 0 bridgehead atoms. The second kappa shape index (κ2) is 4.52. The summed E-state index contributed by atoms with van der Waals surface area (Å²) in [7, 11) is 0. The number of hydrazine groups is 1. The second-order valence-electron chi connectivity index (χ2n) is 3.16. The fraction of sp³-hybridized carbons (Fsp3) is 0.375. The molecule has 1 aliphatic rings. The highest BCUT2D eigenvalue weighted by molar-refractivity contribution is 6.29. The van der Waals surface area contributed by atoms with Crippen molar-refractivity contribution in [3.8, 4) is 0 Å². The summed E-state index contributed by atoms with van der Waals surface area (Å²) in [6, 6.07) is 0.0679. The van der Waals surface area contributed by atoms with Crippen LogP contribution in [0, 0.1) is 0 Å². The Morgan fingerprint density at radius 1 is 1.47 bits per heavy atom. The van der Waals surface area contributed by atoms with Gasteiger partial charge < -0.3 is 5.32 Å². The minimum absolute atomic E-state index is 0.0679. The number of halogens is 1. The molecule has 1 saturated heterocycles. The predicted molar refractivity (Wildman–Crippen MR) is 54.3 cm³/mol. The van der Waals surface area contributed by atoms with E-state index in [4.69, 9.17) is 11.6 Å². The van der Waals surface area contributed by atoms with Crippen molar-refractivity contribution in [3.63, 3.8) is 0 Å². The molecule has 2 heterocycles. The summed E-state index contributed by atoms with van der Waals surface area (Å²) in [5, 5.41) is 3.01. The van der Waals surface area contributed by atoms with E-state index < -0.39 is 0 Å². The van der Waals surface area contributed by atoms with Crippen molar-refractivity contribution in [1.29, 1.82) is 0 Å². The fourth-order valence-electron chi connectivity index (χ4n) is 1.28. The standard InChI is InChI=1S/C8H10ClN5O/c9-7-4-10-3-6(14-7)8(15)13-5-1-11-12-2-5/h3-5,11-12H,1-2H2,(H,13,15). The van der Waals surface area contributed by atoms with E-state index in [0.717, 1.165) is 0 Å². The van der Waals surface area contributed by atoms with Crippen molar-refractivity contribution in [3.05, 3.63) is 23.2 Å². The topological polar surface area (TPSA) is 78.9 Å². The molecule has 1 amide bonds. The molecule has 0 unspecified atom stereocenters. The summed E-state index contributed by atoms with van der Waals surface area (Å²) >= 11 is 5.63. The summed E-state index contributed by atoms with van der Waals surface area (Å²) in [5.41, 5.74) is 6.06. The first-order valence-corrected chi connectivity index (χ1v) is 4.87. The van der Waals surface area contributed by atoms with Crippen molar-refractivity contribution in [2.24, 2.45) is 0 Å². The smallest absolute Gasteiger partial charge is 0.271 e. The van der Waals surface area contributed by atoms with Crippen LogP contribution >= 0.6 is 11.6 Å². The first kappa shape index (κ1) is 10.3. The third-order valence-corrected chi connectivity index (χ3v) is 2.18. The summed E-state index contributed by atoms with van der Waals surface area (Å²) in [5.74, 6) is -0.263. The van der Waals surface area contributed by atoms with Gasteiger partial charge in [-0.2, -0.15) is 0 Å². The zero-order valence-corrected chi connectivity index (χ0v) is 8.58. The van der Waals surface area contributed by atoms with E-state index in [2.05, 4.69) is 26.1 Å². The zero-order valence-electron chi connectivity index (χ0n) is 7.83. The van der Waals surface area contributed by atoms with Crippen LogP contribution in [0.1, 0.15) is 10.5 Å². The number of aromatic nitrogens is 2. The molecule has 6 nitrogen and oxygen atoms in total. The van der Waals surface area contributed by atoms with E-state index >= 15 is 0 Å². The Labute approximate surface area is 91.4 Å². The van der Waals surface area contributed by atoms with Gasteiger partial charge in [0.1, 0.15) is 10.8 Å². The molecule has 2 rings (SSSR count). The van der Waals surface area contributed by atoms with Crippen molar-refractivity contribution >= 4 is 17.5 Å². The molecular formula is C8H10ClN5O. The number of hydrogen-bond donors (Lipinski definition) is 3. The number of amides is 1. The lowest BCUT2D eigenvalue weighted by molar-refractivity contribution is 0.0936. The number of hydrogen-bond acceptors (Lipinski definition) is 5. The van der Waals surface area contributed by atoms with Gasteiger partial charge in [-0.3, -0.25) is 20.6 Å². The lowest BCUT2D eigenvalue weighted by Crippen LogP contribution is -2.38. The lowest BCUT2D eigenvalue weighted by Gasteiger charge is -2.09. The first-order valence-electron chi connectivity index (χ1n) is 4.50. The van der Waals surface area contributed by atoms with Gasteiger partial charge in [0.2, 0.25) is 0 Å². The van der Waals surface area contributed by atoms with Gasteiger partial charge in [0.05, 0.1) is 18.4 Å². The Hall–Kier alpha value is -1.24. The van der Waals surface area contributed by atoms with Crippen LogP contribution in [0.3, 0.4) is 0 Å². The molecule has 0 atom stereocenters. The van der Waals surface area contributed by atoms with Crippen LogP contribution in [0.4, 0.5) is 0 Å². The van der Waals surface area contributed by atoms with Gasteiger partial charge in [0, 0.05) is 13.1 Å². The maximum Gasteiger partial charge on any atom is 0.271 e. The molecule has 15 heavy (non-hydrogen) atoms. The number of carbonyl (C=O) groups is 1. The van der Waals surface area contributed by atoms with Crippen LogP contribution in [-0.4, -0.2) is 35.0 Å². The normalized spacial score (nSPS) is 16.6. The average molecular weight is 228 g/mol. The molecule has 0 saturated carbocycles. The molecule has 1 aromatic rings. The van der Waals surface area contributed by atoms with Crippen LogP contribution in [0.5, 0.6) is 0 Å². The van der Waals surface area contributed by atoms with Gasteiger partial charge in [-0.25, -0.2) is 4.98 Å². The fourth-order valence-corrected chi connectivity index (χ4v) is 1.42. The Kier molecular flexibility index (Phi) is 3.10. The van der Waals surface area contributed by atoms with Crippen molar-refractivity contribution in [2.45, 2.75) is 6.04 Å². The van der Waals surface area contributed by atoms with E-state index in [-0.39, 0.29) is 22.8 Å². The summed E-state index contributed by atoms with van der Waals surface area (Å²) < 4.78 is 0. The maximum absolute atomic E-state index is 11.6. The van der Waals surface area contributed by atoms with E-state index in [0.29, 0.717) is 13.1 Å². The van der Waals surface area contributed by atoms with Gasteiger partial charge in [-0.1, -0.05) is 11.6 Å². The number of nitrogens with one attached hydrogen (secondary N) is 3. The van der Waals surface area contributed by atoms with Gasteiger partial charge >= 0.3 is 0 Å². The Morgan fingerprint density at radius 3 is 2.87 bits per heavy atom. The molecular weight excluding hydrogens is 218 g/mol. The van der Waals surface area contributed by atoms with Crippen molar-refractivity contribution < 1.29 is 4.79 Å². The first-order chi connectivity index (χ1) is 7.25. The maximum atomic E-state index is 11.6. The quantitative estimate of drug-likeness (QED) is 0.625. The number of rotatable bonds is 2. The predicted octanol–water partition coefficient (Wildman–Crippen LogP) is -0.664. The molecule has 0 spiro atoms. The summed E-state index contributed by atoms with van der Waals surface area (Å²) in [6.07, 6.45) is 2.77. The van der Waals surface area contributed by atoms with Gasteiger partial charge in [-0.15, -0.1) is 0 Å². The Morgan fingerprint density at radius 2 is 2.20 bits per heavy atom. The highest BCUT2D eigenvalue weighted by Gasteiger charge is 2.18. The van der Waals surface area contributed by atoms with Crippen molar-refractivity contribution in [2.75, 3.05) is 13.1 Å². The Balaban J connectivity index is 2.01. The molecule has 0 aromatic carbocycles. The molecule has 7 heteroatoms. The highest BCUT2D eigenvalue weighted by atomic mass is 35.5. The largest absolute Gasteiger partial charge is 0.345 e. The highest BCUT2D eigenvalue weighted by Crippen LogP contribution is 2.02. The average Bonchev–Trinajstić information content (AvgIpc) is 2.70. The third-order valence-electron chi connectivity index (χ3n) is 1.99. The number of nitrogens with zero attached hydrogens (tertiary/aromatic N) is 2. The zero-order chi connectivity index (χ0) is 10.7. The van der Waals surface area contributed by atoms with E-state index in [1.807, 2.05) is 0 Å².